The number of hydrogen-bond acceptors (Lipinski definition) is 6. The van der Waals surface area contributed by atoms with Gasteiger partial charge in [-0.05, 0) is 32.5 Å². The third-order valence-corrected chi connectivity index (χ3v) is 4.68. The van der Waals surface area contributed by atoms with Crippen molar-refractivity contribution < 1.29 is 13.6 Å². The lowest BCUT2D eigenvalue weighted by molar-refractivity contribution is -0.131. The van der Waals surface area contributed by atoms with E-state index in [-0.39, 0.29) is 5.91 Å². The van der Waals surface area contributed by atoms with Crippen molar-refractivity contribution in [2.24, 2.45) is 0 Å². The van der Waals surface area contributed by atoms with Gasteiger partial charge in [0.25, 0.3) is 0 Å². The number of nitrogens with zero attached hydrogens (tertiary/aromatic N) is 4. The Balaban J connectivity index is 1.44. The highest BCUT2D eigenvalue weighted by Gasteiger charge is 2.28. The van der Waals surface area contributed by atoms with E-state index >= 15 is 0 Å². The maximum atomic E-state index is 12.4. The topological polar surface area (TPSA) is 66.0 Å². The Labute approximate surface area is 148 Å². The van der Waals surface area contributed by atoms with Gasteiger partial charge < -0.3 is 13.7 Å². The molecule has 2 aromatic heterocycles. The third kappa shape index (κ3) is 4.70. The summed E-state index contributed by atoms with van der Waals surface area (Å²) in [5, 5.41) is 0. The van der Waals surface area contributed by atoms with E-state index < -0.39 is 0 Å². The van der Waals surface area contributed by atoms with Gasteiger partial charge in [-0.25, -0.2) is 4.98 Å². The highest BCUT2D eigenvalue weighted by Crippen LogP contribution is 2.17. The molecule has 0 bridgehead atoms. The lowest BCUT2D eigenvalue weighted by Crippen LogP contribution is -2.39. The van der Waals surface area contributed by atoms with Crippen LogP contribution in [0.5, 0.6) is 0 Å². The fourth-order valence-corrected chi connectivity index (χ4v) is 3.17. The molecule has 1 saturated heterocycles. The quantitative estimate of drug-likeness (QED) is 0.761. The molecule has 1 amide bonds. The number of likely N-dealkylation sites (N-methyl/N-ethyl adjacent to an activating group) is 2. The molecule has 25 heavy (non-hydrogen) atoms. The van der Waals surface area contributed by atoms with E-state index in [1.165, 1.54) is 0 Å². The molecule has 0 radical (unpaired) electrons. The van der Waals surface area contributed by atoms with Gasteiger partial charge >= 0.3 is 0 Å². The SMILES string of the molecule is Cc1cnc(CN(C)C2CCN(CC(=O)N(C)Cc3ccco3)C2)o1. The Morgan fingerprint density at radius 2 is 2.24 bits per heavy atom. The van der Waals surface area contributed by atoms with Gasteiger partial charge in [-0.15, -0.1) is 0 Å². The molecule has 1 aliphatic heterocycles. The van der Waals surface area contributed by atoms with Crippen LogP contribution in [0.4, 0.5) is 0 Å². The van der Waals surface area contributed by atoms with Crippen LogP contribution in [0.1, 0.15) is 23.8 Å². The summed E-state index contributed by atoms with van der Waals surface area (Å²) in [4.78, 5) is 22.8. The van der Waals surface area contributed by atoms with E-state index in [0.717, 1.165) is 36.9 Å². The smallest absolute Gasteiger partial charge is 0.236 e. The van der Waals surface area contributed by atoms with E-state index in [0.29, 0.717) is 25.7 Å². The lowest BCUT2D eigenvalue weighted by atomic mass is 10.2. The second-order valence-corrected chi connectivity index (χ2v) is 6.79. The van der Waals surface area contributed by atoms with Gasteiger partial charge in [-0.2, -0.15) is 0 Å². The summed E-state index contributed by atoms with van der Waals surface area (Å²) in [6.07, 6.45) is 4.42. The van der Waals surface area contributed by atoms with E-state index in [2.05, 4.69) is 21.8 Å². The number of aromatic nitrogens is 1. The van der Waals surface area contributed by atoms with Crippen LogP contribution >= 0.6 is 0 Å². The molecule has 1 atom stereocenters. The highest BCUT2D eigenvalue weighted by molar-refractivity contribution is 5.78. The molecular formula is C18H26N4O3. The molecule has 7 heteroatoms. The van der Waals surface area contributed by atoms with Crippen molar-refractivity contribution in [3.63, 3.8) is 0 Å². The number of furan rings is 1. The van der Waals surface area contributed by atoms with Gasteiger partial charge in [0, 0.05) is 26.2 Å². The van der Waals surface area contributed by atoms with Crippen molar-refractivity contribution >= 4 is 5.91 Å². The van der Waals surface area contributed by atoms with Crippen molar-refractivity contribution in [2.45, 2.75) is 32.5 Å². The zero-order valence-corrected chi connectivity index (χ0v) is 15.1. The minimum atomic E-state index is 0.114. The van der Waals surface area contributed by atoms with Crippen molar-refractivity contribution in [3.8, 4) is 0 Å². The molecule has 1 fully saturated rings. The molecule has 2 aromatic rings. The Kier molecular flexibility index (Phi) is 5.55. The normalized spacial score (nSPS) is 18.2. The molecule has 0 aliphatic carbocycles. The molecule has 0 saturated carbocycles. The summed E-state index contributed by atoms with van der Waals surface area (Å²) >= 11 is 0. The number of carbonyl (C=O) groups excluding carboxylic acids is 1. The maximum absolute atomic E-state index is 12.4. The molecule has 0 N–H and O–H groups in total. The summed E-state index contributed by atoms with van der Waals surface area (Å²) < 4.78 is 10.9. The van der Waals surface area contributed by atoms with Crippen LogP contribution in [0.2, 0.25) is 0 Å². The Hall–Kier alpha value is -2.12. The van der Waals surface area contributed by atoms with Gasteiger partial charge in [0.1, 0.15) is 11.5 Å². The van der Waals surface area contributed by atoms with E-state index in [1.807, 2.05) is 26.1 Å². The van der Waals surface area contributed by atoms with Crippen LogP contribution in [0.3, 0.4) is 0 Å². The van der Waals surface area contributed by atoms with Crippen LogP contribution in [0.25, 0.3) is 0 Å². The van der Waals surface area contributed by atoms with Gasteiger partial charge in [0.05, 0.1) is 32.1 Å². The second kappa shape index (κ2) is 7.84. The fourth-order valence-electron chi connectivity index (χ4n) is 3.17. The van der Waals surface area contributed by atoms with E-state index in [4.69, 9.17) is 8.83 Å². The van der Waals surface area contributed by atoms with Crippen LogP contribution in [-0.2, 0) is 17.9 Å². The summed E-state index contributed by atoms with van der Waals surface area (Å²) in [7, 11) is 3.90. The summed E-state index contributed by atoms with van der Waals surface area (Å²) in [5.41, 5.74) is 0. The van der Waals surface area contributed by atoms with Crippen molar-refractivity contribution in [2.75, 3.05) is 33.7 Å². The van der Waals surface area contributed by atoms with Gasteiger partial charge in [-0.1, -0.05) is 0 Å². The first-order valence-corrected chi connectivity index (χ1v) is 8.61. The zero-order valence-electron chi connectivity index (χ0n) is 15.1. The molecule has 136 valence electrons. The molecule has 1 unspecified atom stereocenters. The first kappa shape index (κ1) is 17.7. The molecule has 3 rings (SSSR count). The number of oxazole rings is 1. The van der Waals surface area contributed by atoms with E-state index in [9.17, 15) is 4.79 Å². The highest BCUT2D eigenvalue weighted by atomic mass is 16.4. The average Bonchev–Trinajstić information content (AvgIpc) is 3.30. The Morgan fingerprint density at radius 3 is 2.92 bits per heavy atom. The molecule has 0 aromatic carbocycles. The van der Waals surface area contributed by atoms with E-state index in [1.54, 1.807) is 17.4 Å². The minimum absolute atomic E-state index is 0.114. The number of hydrogen-bond donors (Lipinski definition) is 0. The van der Waals surface area contributed by atoms with Crippen molar-refractivity contribution in [3.05, 3.63) is 42.0 Å². The molecule has 3 heterocycles. The minimum Gasteiger partial charge on any atom is -0.467 e. The first-order chi connectivity index (χ1) is 12.0. The zero-order chi connectivity index (χ0) is 17.8. The molecular weight excluding hydrogens is 320 g/mol. The standard InChI is InChI=1S/C18H26N4O3/c1-14-9-19-17(25-14)12-20(2)15-6-7-22(10-15)13-18(23)21(3)11-16-5-4-8-24-16/h4-5,8-9,15H,6-7,10-13H2,1-3H3. The second-order valence-electron chi connectivity index (χ2n) is 6.79. The molecule has 0 spiro atoms. The number of likely N-dealkylation sites (tertiary alicyclic amines) is 1. The largest absolute Gasteiger partial charge is 0.467 e. The number of carbonyl (C=O) groups is 1. The number of aryl methyl sites for hydroxylation is 1. The summed E-state index contributed by atoms with van der Waals surface area (Å²) in [6, 6.07) is 4.13. The van der Waals surface area contributed by atoms with Crippen LogP contribution in [0, 0.1) is 6.92 Å². The van der Waals surface area contributed by atoms with Crippen LogP contribution < -0.4 is 0 Å². The third-order valence-electron chi connectivity index (χ3n) is 4.68. The first-order valence-electron chi connectivity index (χ1n) is 8.61. The maximum Gasteiger partial charge on any atom is 0.236 e. The monoisotopic (exact) mass is 346 g/mol. The molecule has 1 aliphatic rings. The number of amides is 1. The average molecular weight is 346 g/mol. The molecule has 7 nitrogen and oxygen atoms in total. The predicted octanol–water partition coefficient (Wildman–Crippen LogP) is 1.74. The summed E-state index contributed by atoms with van der Waals surface area (Å²) in [5.74, 6) is 2.49. The predicted molar refractivity (Wildman–Crippen MR) is 92.7 cm³/mol. The van der Waals surface area contributed by atoms with Crippen molar-refractivity contribution in [1.29, 1.82) is 0 Å². The summed E-state index contributed by atoms with van der Waals surface area (Å²) in [6.45, 7) is 5.36. The van der Waals surface area contributed by atoms with Crippen LogP contribution in [-0.4, -0.2) is 65.4 Å². The fraction of sp³-hybridized carbons (Fsp3) is 0.556. The van der Waals surface area contributed by atoms with Gasteiger partial charge in [-0.3, -0.25) is 14.6 Å². The van der Waals surface area contributed by atoms with Crippen molar-refractivity contribution in [1.82, 2.24) is 19.7 Å². The number of rotatable bonds is 7. The van der Waals surface area contributed by atoms with Crippen LogP contribution in [0.15, 0.2) is 33.4 Å². The lowest BCUT2D eigenvalue weighted by Gasteiger charge is -2.24. The van der Waals surface area contributed by atoms with Gasteiger partial charge in [0.15, 0.2) is 0 Å². The van der Waals surface area contributed by atoms with Gasteiger partial charge in [0.2, 0.25) is 11.8 Å². The Morgan fingerprint density at radius 1 is 1.40 bits per heavy atom. The Bertz CT molecular complexity index is 682.